The number of amides is 1. The van der Waals surface area contributed by atoms with Gasteiger partial charge in [-0.05, 0) is 32.8 Å². The third-order valence-electron chi connectivity index (χ3n) is 2.72. The first kappa shape index (κ1) is 19.4. The molecule has 0 aliphatic carbocycles. The summed E-state index contributed by atoms with van der Waals surface area (Å²) in [4.78, 5) is 11.9. The van der Waals surface area contributed by atoms with Gasteiger partial charge >= 0.3 is 6.09 Å². The van der Waals surface area contributed by atoms with Crippen molar-refractivity contribution in [1.82, 2.24) is 5.32 Å². The largest absolute Gasteiger partial charge is 0.444 e. The van der Waals surface area contributed by atoms with Crippen LogP contribution < -0.4 is 5.32 Å². The Kier molecular flexibility index (Phi) is 6.81. The number of ether oxygens (including phenoxy) is 1. The second-order valence-corrected chi connectivity index (χ2v) is 8.30. The lowest BCUT2D eigenvalue weighted by molar-refractivity contribution is 0.0426. The van der Waals surface area contributed by atoms with Crippen molar-refractivity contribution in [3.05, 3.63) is 35.9 Å². The molecule has 0 aliphatic rings. The van der Waals surface area contributed by atoms with E-state index in [1.165, 1.54) is 0 Å². The van der Waals surface area contributed by atoms with Crippen molar-refractivity contribution in [1.29, 1.82) is 0 Å². The van der Waals surface area contributed by atoms with Crippen LogP contribution in [-0.2, 0) is 11.2 Å². The first-order chi connectivity index (χ1) is 9.99. The summed E-state index contributed by atoms with van der Waals surface area (Å²) in [6, 6.07) is 8.47. The number of hydrogen-bond donors (Lipinski definition) is 2. The SMILES string of the molecule is CC(C)(C)OC(=O)N[C@@H](Cc1ccccc1)C(O)C(Cl)(Cl)Cl. The highest BCUT2D eigenvalue weighted by Crippen LogP contribution is 2.32. The molecule has 1 rings (SSSR count). The van der Waals surface area contributed by atoms with Gasteiger partial charge in [-0.15, -0.1) is 0 Å². The van der Waals surface area contributed by atoms with Gasteiger partial charge in [0.15, 0.2) is 0 Å². The zero-order chi connectivity index (χ0) is 17.0. The van der Waals surface area contributed by atoms with E-state index in [4.69, 9.17) is 39.5 Å². The number of carbonyl (C=O) groups is 1. The number of benzene rings is 1. The second-order valence-electron chi connectivity index (χ2n) is 5.93. The fourth-order valence-electron chi connectivity index (χ4n) is 1.80. The normalized spacial score (nSPS) is 15.0. The molecule has 0 radical (unpaired) electrons. The maximum atomic E-state index is 11.9. The summed E-state index contributed by atoms with van der Waals surface area (Å²) in [6.07, 6.45) is -1.76. The van der Waals surface area contributed by atoms with Gasteiger partial charge in [0.2, 0.25) is 3.79 Å². The summed E-state index contributed by atoms with van der Waals surface area (Å²) in [5, 5.41) is 12.8. The standard InChI is InChI=1S/C15H20Cl3NO3/c1-14(2,3)22-13(21)19-11(12(20)15(16,17)18)9-10-7-5-4-6-8-10/h4-8,11-12,20H,9H2,1-3H3,(H,19,21)/t11-,12?/m0/s1. The number of alkyl carbamates (subject to hydrolysis) is 1. The van der Waals surface area contributed by atoms with E-state index < -0.39 is 27.6 Å². The van der Waals surface area contributed by atoms with Gasteiger partial charge in [0, 0.05) is 0 Å². The van der Waals surface area contributed by atoms with Crippen LogP contribution in [0, 0.1) is 0 Å². The highest BCUT2D eigenvalue weighted by Gasteiger charge is 2.38. The van der Waals surface area contributed by atoms with Crippen LogP contribution in [0.3, 0.4) is 0 Å². The third-order valence-corrected chi connectivity index (χ3v) is 3.39. The van der Waals surface area contributed by atoms with E-state index in [1.807, 2.05) is 30.3 Å². The number of nitrogens with one attached hydrogen (secondary N) is 1. The summed E-state index contributed by atoms with van der Waals surface area (Å²) < 4.78 is 3.26. The Bertz CT molecular complexity index is 483. The summed E-state index contributed by atoms with van der Waals surface area (Å²) in [6.45, 7) is 5.22. The van der Waals surface area contributed by atoms with Crippen molar-refractivity contribution >= 4 is 40.9 Å². The number of aliphatic hydroxyl groups is 1. The Morgan fingerprint density at radius 1 is 1.23 bits per heavy atom. The molecule has 0 aromatic heterocycles. The number of rotatable bonds is 4. The first-order valence-corrected chi connectivity index (χ1v) is 7.90. The van der Waals surface area contributed by atoms with Crippen LogP contribution >= 0.6 is 34.8 Å². The van der Waals surface area contributed by atoms with Crippen LogP contribution in [0.1, 0.15) is 26.3 Å². The predicted octanol–water partition coefficient (Wildman–Crippen LogP) is 3.85. The lowest BCUT2D eigenvalue weighted by Gasteiger charge is -2.30. The molecule has 124 valence electrons. The third kappa shape index (κ3) is 7.05. The Hall–Kier alpha value is -0.680. The Labute approximate surface area is 145 Å². The molecule has 0 saturated heterocycles. The van der Waals surface area contributed by atoms with Gasteiger partial charge in [-0.2, -0.15) is 0 Å². The molecule has 22 heavy (non-hydrogen) atoms. The molecule has 1 aromatic carbocycles. The van der Waals surface area contributed by atoms with E-state index in [1.54, 1.807) is 20.8 Å². The van der Waals surface area contributed by atoms with E-state index in [-0.39, 0.29) is 0 Å². The maximum Gasteiger partial charge on any atom is 0.407 e. The minimum atomic E-state index is -1.92. The minimum Gasteiger partial charge on any atom is -0.444 e. The lowest BCUT2D eigenvalue weighted by Crippen LogP contribution is -2.51. The molecule has 0 bridgehead atoms. The monoisotopic (exact) mass is 367 g/mol. The van der Waals surface area contributed by atoms with Gasteiger partial charge in [0.1, 0.15) is 11.7 Å². The number of hydrogen-bond acceptors (Lipinski definition) is 3. The Balaban J connectivity index is 2.85. The fraction of sp³-hybridized carbons (Fsp3) is 0.533. The van der Waals surface area contributed by atoms with E-state index in [0.29, 0.717) is 6.42 Å². The molecular formula is C15H20Cl3NO3. The summed E-state index contributed by atoms with van der Waals surface area (Å²) in [5.41, 5.74) is 0.226. The topological polar surface area (TPSA) is 58.6 Å². The number of aliphatic hydroxyl groups excluding tert-OH is 1. The van der Waals surface area contributed by atoms with Crippen molar-refractivity contribution in [2.75, 3.05) is 0 Å². The van der Waals surface area contributed by atoms with E-state index >= 15 is 0 Å². The first-order valence-electron chi connectivity index (χ1n) is 6.77. The van der Waals surface area contributed by atoms with Gasteiger partial charge in [-0.25, -0.2) is 4.79 Å². The molecular weight excluding hydrogens is 349 g/mol. The van der Waals surface area contributed by atoms with Crippen LogP contribution in [0.25, 0.3) is 0 Å². The molecule has 2 atom stereocenters. The molecule has 1 amide bonds. The molecule has 0 fully saturated rings. The van der Waals surface area contributed by atoms with Crippen LogP contribution in [0.15, 0.2) is 30.3 Å². The number of halogens is 3. The summed E-state index contributed by atoms with van der Waals surface area (Å²) in [7, 11) is 0. The molecule has 1 unspecified atom stereocenters. The van der Waals surface area contributed by atoms with Gasteiger partial charge in [0.05, 0.1) is 6.04 Å². The van der Waals surface area contributed by atoms with Crippen LogP contribution in [0.4, 0.5) is 4.79 Å². The molecule has 4 nitrogen and oxygen atoms in total. The smallest absolute Gasteiger partial charge is 0.407 e. The fourth-order valence-corrected chi connectivity index (χ4v) is 2.25. The van der Waals surface area contributed by atoms with Gasteiger partial charge < -0.3 is 15.2 Å². The summed E-state index contributed by atoms with van der Waals surface area (Å²) in [5.74, 6) is 0. The molecule has 0 heterocycles. The van der Waals surface area contributed by atoms with Crippen LogP contribution in [-0.4, -0.2) is 32.7 Å². The average Bonchev–Trinajstić information content (AvgIpc) is 2.35. The Morgan fingerprint density at radius 2 is 1.77 bits per heavy atom. The van der Waals surface area contributed by atoms with E-state index in [2.05, 4.69) is 5.32 Å². The lowest BCUT2D eigenvalue weighted by atomic mass is 10.0. The molecule has 0 saturated carbocycles. The molecule has 0 aliphatic heterocycles. The number of alkyl halides is 3. The van der Waals surface area contributed by atoms with Gasteiger partial charge in [0.25, 0.3) is 0 Å². The zero-order valence-corrected chi connectivity index (χ0v) is 14.9. The Morgan fingerprint density at radius 3 is 2.23 bits per heavy atom. The van der Waals surface area contributed by atoms with E-state index in [0.717, 1.165) is 5.56 Å². The van der Waals surface area contributed by atoms with Crippen molar-refractivity contribution in [2.24, 2.45) is 0 Å². The van der Waals surface area contributed by atoms with Crippen molar-refractivity contribution < 1.29 is 14.6 Å². The molecule has 0 spiro atoms. The van der Waals surface area contributed by atoms with Gasteiger partial charge in [-0.1, -0.05) is 65.1 Å². The quantitative estimate of drug-likeness (QED) is 0.794. The van der Waals surface area contributed by atoms with Crippen molar-refractivity contribution in [3.63, 3.8) is 0 Å². The maximum absolute atomic E-state index is 11.9. The van der Waals surface area contributed by atoms with Crippen LogP contribution in [0.5, 0.6) is 0 Å². The van der Waals surface area contributed by atoms with Gasteiger partial charge in [-0.3, -0.25) is 0 Å². The second kappa shape index (κ2) is 7.73. The highest BCUT2D eigenvalue weighted by molar-refractivity contribution is 6.68. The highest BCUT2D eigenvalue weighted by atomic mass is 35.6. The molecule has 7 heteroatoms. The van der Waals surface area contributed by atoms with Crippen LogP contribution in [0.2, 0.25) is 0 Å². The molecule has 1 aromatic rings. The molecule has 2 N–H and O–H groups in total. The minimum absolute atomic E-state index is 0.301. The zero-order valence-electron chi connectivity index (χ0n) is 12.6. The number of carbonyl (C=O) groups excluding carboxylic acids is 1. The van der Waals surface area contributed by atoms with Crippen molar-refractivity contribution in [2.45, 2.75) is 48.7 Å². The van der Waals surface area contributed by atoms with E-state index in [9.17, 15) is 9.90 Å². The van der Waals surface area contributed by atoms with Crippen molar-refractivity contribution in [3.8, 4) is 0 Å². The average molecular weight is 369 g/mol. The predicted molar refractivity (Wildman–Crippen MR) is 89.6 cm³/mol. The summed E-state index contributed by atoms with van der Waals surface area (Å²) >= 11 is 17.2.